The molecule has 0 spiro atoms. The standard InChI is InChI=1S/C18H21Cl2NO2/c1-12-9-16(20)7-8-18(12)23-11-17(22)10-21-13(2)14-3-5-15(19)6-4-14/h3-9,13,17,21-22H,10-11H2,1-2H3. The monoisotopic (exact) mass is 353 g/mol. The van der Waals surface area contributed by atoms with Gasteiger partial charge in [-0.05, 0) is 55.3 Å². The molecule has 0 bridgehead atoms. The number of benzene rings is 2. The Kier molecular flexibility index (Phi) is 6.72. The van der Waals surface area contributed by atoms with Gasteiger partial charge in [-0.2, -0.15) is 0 Å². The molecule has 2 atom stereocenters. The molecule has 2 N–H and O–H groups in total. The highest BCUT2D eigenvalue weighted by molar-refractivity contribution is 6.30. The van der Waals surface area contributed by atoms with E-state index in [4.69, 9.17) is 27.9 Å². The van der Waals surface area contributed by atoms with Gasteiger partial charge < -0.3 is 15.2 Å². The van der Waals surface area contributed by atoms with Gasteiger partial charge in [-0.25, -0.2) is 0 Å². The second-order valence-corrected chi connectivity index (χ2v) is 6.43. The van der Waals surface area contributed by atoms with Crippen LogP contribution in [0.4, 0.5) is 0 Å². The third-order valence-electron chi connectivity index (χ3n) is 3.60. The van der Waals surface area contributed by atoms with Crippen LogP contribution in [0, 0.1) is 6.92 Å². The van der Waals surface area contributed by atoms with Crippen LogP contribution in [-0.4, -0.2) is 24.4 Å². The van der Waals surface area contributed by atoms with Gasteiger partial charge in [0.15, 0.2) is 0 Å². The zero-order chi connectivity index (χ0) is 16.8. The first-order valence-corrected chi connectivity index (χ1v) is 8.27. The quantitative estimate of drug-likeness (QED) is 0.775. The van der Waals surface area contributed by atoms with Gasteiger partial charge in [0.2, 0.25) is 0 Å². The first kappa shape index (κ1) is 18.1. The van der Waals surface area contributed by atoms with Gasteiger partial charge >= 0.3 is 0 Å². The van der Waals surface area contributed by atoms with Crippen molar-refractivity contribution in [3.8, 4) is 5.75 Å². The van der Waals surface area contributed by atoms with Gasteiger partial charge in [0, 0.05) is 22.6 Å². The second-order valence-electron chi connectivity index (χ2n) is 5.56. The number of nitrogens with one attached hydrogen (secondary N) is 1. The van der Waals surface area contributed by atoms with Crippen LogP contribution in [0.3, 0.4) is 0 Å². The zero-order valence-corrected chi connectivity index (χ0v) is 14.7. The van der Waals surface area contributed by atoms with Crippen LogP contribution in [0.1, 0.15) is 24.1 Å². The number of ether oxygens (including phenoxy) is 1. The predicted octanol–water partition coefficient (Wildman–Crippen LogP) is 4.39. The molecule has 0 aromatic heterocycles. The molecule has 23 heavy (non-hydrogen) atoms. The molecule has 0 aliphatic rings. The second kappa shape index (κ2) is 8.55. The molecule has 0 saturated carbocycles. The van der Waals surface area contributed by atoms with Gasteiger partial charge in [0.05, 0.1) is 0 Å². The van der Waals surface area contributed by atoms with Crippen LogP contribution in [0.5, 0.6) is 5.75 Å². The number of aliphatic hydroxyl groups excluding tert-OH is 1. The van der Waals surface area contributed by atoms with Crippen molar-refractivity contribution in [2.24, 2.45) is 0 Å². The van der Waals surface area contributed by atoms with Crippen LogP contribution in [0.2, 0.25) is 10.0 Å². The summed E-state index contributed by atoms with van der Waals surface area (Å²) < 4.78 is 5.64. The average Bonchev–Trinajstić information content (AvgIpc) is 2.52. The molecule has 3 nitrogen and oxygen atoms in total. The van der Waals surface area contributed by atoms with Crippen LogP contribution >= 0.6 is 23.2 Å². The fourth-order valence-electron chi connectivity index (χ4n) is 2.20. The van der Waals surface area contributed by atoms with E-state index >= 15 is 0 Å². The summed E-state index contributed by atoms with van der Waals surface area (Å²) in [4.78, 5) is 0. The SMILES string of the molecule is Cc1cc(Cl)ccc1OCC(O)CNC(C)c1ccc(Cl)cc1. The van der Waals surface area contributed by atoms with Gasteiger partial charge in [-0.3, -0.25) is 0 Å². The molecule has 2 aromatic carbocycles. The molecule has 2 rings (SSSR count). The number of hydrogen-bond donors (Lipinski definition) is 2. The minimum Gasteiger partial charge on any atom is -0.491 e. The summed E-state index contributed by atoms with van der Waals surface area (Å²) >= 11 is 11.8. The summed E-state index contributed by atoms with van der Waals surface area (Å²) in [5.74, 6) is 0.735. The molecule has 0 aliphatic carbocycles. The van der Waals surface area contributed by atoms with Crippen molar-refractivity contribution >= 4 is 23.2 Å². The number of hydrogen-bond acceptors (Lipinski definition) is 3. The van der Waals surface area contributed by atoms with Crippen molar-refractivity contribution in [1.29, 1.82) is 0 Å². The Bertz CT molecular complexity index is 631. The molecule has 5 heteroatoms. The Labute approximate surface area is 147 Å². The molecule has 0 heterocycles. The Morgan fingerprint density at radius 2 is 1.74 bits per heavy atom. The van der Waals surface area contributed by atoms with Crippen molar-refractivity contribution in [1.82, 2.24) is 5.32 Å². The maximum atomic E-state index is 10.1. The summed E-state index contributed by atoms with van der Waals surface area (Å²) in [5.41, 5.74) is 2.07. The third-order valence-corrected chi connectivity index (χ3v) is 4.08. The fourth-order valence-corrected chi connectivity index (χ4v) is 2.55. The van der Waals surface area contributed by atoms with E-state index in [2.05, 4.69) is 5.32 Å². The van der Waals surface area contributed by atoms with Crippen LogP contribution in [0.25, 0.3) is 0 Å². The predicted molar refractivity (Wildman–Crippen MR) is 95.6 cm³/mol. The minimum atomic E-state index is -0.597. The molecule has 124 valence electrons. The minimum absolute atomic E-state index is 0.124. The third kappa shape index (κ3) is 5.70. The Balaban J connectivity index is 1.78. The highest BCUT2D eigenvalue weighted by Gasteiger charge is 2.10. The normalized spacial score (nSPS) is 13.6. The van der Waals surface area contributed by atoms with E-state index in [0.717, 1.165) is 16.9 Å². The van der Waals surface area contributed by atoms with Gasteiger partial charge in [0.25, 0.3) is 0 Å². The molecular formula is C18H21Cl2NO2. The largest absolute Gasteiger partial charge is 0.491 e. The van der Waals surface area contributed by atoms with Gasteiger partial charge in [-0.15, -0.1) is 0 Å². The highest BCUT2D eigenvalue weighted by atomic mass is 35.5. The summed E-state index contributed by atoms with van der Waals surface area (Å²) in [6, 6.07) is 13.2. The molecular weight excluding hydrogens is 333 g/mol. The maximum absolute atomic E-state index is 10.1. The van der Waals surface area contributed by atoms with Crippen LogP contribution < -0.4 is 10.1 Å². The highest BCUT2D eigenvalue weighted by Crippen LogP contribution is 2.22. The molecule has 0 fully saturated rings. The lowest BCUT2D eigenvalue weighted by Crippen LogP contribution is -2.33. The lowest BCUT2D eigenvalue weighted by Gasteiger charge is -2.18. The van der Waals surface area contributed by atoms with E-state index in [1.54, 1.807) is 6.07 Å². The van der Waals surface area contributed by atoms with Crippen molar-refractivity contribution in [2.75, 3.05) is 13.2 Å². The summed E-state index contributed by atoms with van der Waals surface area (Å²) in [7, 11) is 0. The Morgan fingerprint density at radius 1 is 1.09 bits per heavy atom. The number of aliphatic hydroxyl groups is 1. The number of halogens is 2. The lowest BCUT2D eigenvalue weighted by atomic mass is 10.1. The molecule has 0 aliphatic heterocycles. The number of aryl methyl sites for hydroxylation is 1. The van der Waals surface area contributed by atoms with E-state index in [0.29, 0.717) is 16.6 Å². The average molecular weight is 354 g/mol. The Hall–Kier alpha value is -1.26. The fraction of sp³-hybridized carbons (Fsp3) is 0.333. The zero-order valence-electron chi connectivity index (χ0n) is 13.2. The summed E-state index contributed by atoms with van der Waals surface area (Å²) in [6.07, 6.45) is -0.597. The van der Waals surface area contributed by atoms with Crippen LogP contribution in [-0.2, 0) is 0 Å². The molecule has 0 amide bonds. The van der Waals surface area contributed by atoms with E-state index in [9.17, 15) is 5.11 Å². The van der Waals surface area contributed by atoms with Crippen molar-refractivity contribution in [3.63, 3.8) is 0 Å². The molecule has 0 saturated heterocycles. The Morgan fingerprint density at radius 3 is 2.39 bits per heavy atom. The van der Waals surface area contributed by atoms with Gasteiger partial charge in [-0.1, -0.05) is 35.3 Å². The molecule has 2 unspecified atom stereocenters. The smallest absolute Gasteiger partial charge is 0.122 e. The topological polar surface area (TPSA) is 41.5 Å². The summed E-state index contributed by atoms with van der Waals surface area (Å²) in [5, 5.41) is 14.7. The van der Waals surface area contributed by atoms with E-state index < -0.39 is 6.10 Å². The first-order valence-electron chi connectivity index (χ1n) is 7.51. The van der Waals surface area contributed by atoms with Crippen molar-refractivity contribution < 1.29 is 9.84 Å². The lowest BCUT2D eigenvalue weighted by molar-refractivity contribution is 0.104. The van der Waals surface area contributed by atoms with Crippen molar-refractivity contribution in [2.45, 2.75) is 26.0 Å². The first-order chi connectivity index (χ1) is 11.0. The number of rotatable bonds is 7. The van der Waals surface area contributed by atoms with E-state index in [1.807, 2.05) is 50.2 Å². The molecule has 0 radical (unpaired) electrons. The summed E-state index contributed by atoms with van der Waals surface area (Å²) in [6.45, 7) is 4.63. The van der Waals surface area contributed by atoms with E-state index in [1.165, 1.54) is 0 Å². The van der Waals surface area contributed by atoms with E-state index in [-0.39, 0.29) is 12.6 Å². The maximum Gasteiger partial charge on any atom is 0.122 e. The van der Waals surface area contributed by atoms with Crippen LogP contribution in [0.15, 0.2) is 42.5 Å². The molecule has 2 aromatic rings. The van der Waals surface area contributed by atoms with Gasteiger partial charge in [0.1, 0.15) is 18.5 Å². The van der Waals surface area contributed by atoms with Crippen molar-refractivity contribution in [3.05, 3.63) is 63.6 Å².